The van der Waals surface area contributed by atoms with E-state index < -0.39 is 11.9 Å². The molecule has 35 heavy (non-hydrogen) atoms. The van der Waals surface area contributed by atoms with E-state index in [4.69, 9.17) is 15.4 Å². The maximum absolute atomic E-state index is 13.3. The van der Waals surface area contributed by atoms with Crippen LogP contribution >= 0.6 is 21.7 Å². The molecule has 0 saturated heterocycles. The Balaban J connectivity index is 0.00000562. The Kier molecular flexibility index (Phi) is 20.0. The third-order valence-corrected chi connectivity index (χ3v) is 6.32. The summed E-state index contributed by atoms with van der Waals surface area (Å²) in [6, 6.07) is 4.04. The van der Waals surface area contributed by atoms with Crippen molar-refractivity contribution in [3.63, 3.8) is 0 Å². The number of halogens is 1. The van der Waals surface area contributed by atoms with E-state index in [1.54, 1.807) is 18.2 Å². The molecule has 0 aliphatic rings. The highest BCUT2D eigenvalue weighted by Crippen LogP contribution is 2.25. The molecule has 0 saturated carbocycles. The van der Waals surface area contributed by atoms with Gasteiger partial charge in [0.1, 0.15) is 18.1 Å². The van der Waals surface area contributed by atoms with Crippen LogP contribution in [0.1, 0.15) is 92.4 Å². The van der Waals surface area contributed by atoms with E-state index in [2.05, 4.69) is 5.32 Å². The number of carbonyl (C=O) groups excluding carboxylic acids is 4. The third kappa shape index (κ3) is 12.5. The summed E-state index contributed by atoms with van der Waals surface area (Å²) in [5.74, 6) is 0.440. The van der Waals surface area contributed by atoms with Gasteiger partial charge in [-0.3, -0.25) is 14.4 Å². The van der Waals surface area contributed by atoms with Crippen LogP contribution < -0.4 is 10.1 Å². The highest BCUT2D eigenvalue weighted by atomic mass is 35.7. The average molecular weight is 529 g/mol. The Hall–Kier alpha value is -2.06. The van der Waals surface area contributed by atoms with E-state index in [-0.39, 0.29) is 29.9 Å². The van der Waals surface area contributed by atoms with Crippen molar-refractivity contribution < 1.29 is 23.9 Å². The molecule has 2 amide bonds. The van der Waals surface area contributed by atoms with Crippen LogP contribution in [0, 0.1) is 0 Å². The van der Waals surface area contributed by atoms with Crippen LogP contribution in [-0.2, 0) is 9.59 Å². The lowest BCUT2D eigenvalue weighted by molar-refractivity contribution is -0.125. The predicted octanol–water partition coefficient (Wildman–Crippen LogP) is 5.69. The summed E-state index contributed by atoms with van der Waals surface area (Å²) < 4.78 is 5.88. The van der Waals surface area contributed by atoms with Gasteiger partial charge < -0.3 is 19.7 Å². The Labute approximate surface area is 219 Å². The Morgan fingerprint density at radius 3 is 2.29 bits per heavy atom. The number of amides is 2. The summed E-state index contributed by atoms with van der Waals surface area (Å²) >= 11 is 0. The molecule has 0 fully saturated rings. The second-order valence-electron chi connectivity index (χ2n) is 7.76. The largest absolute Gasteiger partial charge is 0.493 e. The van der Waals surface area contributed by atoms with Crippen LogP contribution in [0.3, 0.4) is 0 Å². The van der Waals surface area contributed by atoms with Gasteiger partial charge in [0.2, 0.25) is 5.91 Å². The van der Waals surface area contributed by atoms with E-state index in [1.807, 2.05) is 13.8 Å². The van der Waals surface area contributed by atoms with Crippen molar-refractivity contribution in [1.82, 2.24) is 10.2 Å². The minimum atomic E-state index is -0.830. The molecule has 1 aromatic carbocycles. The first-order valence-corrected chi connectivity index (χ1v) is 14.2. The summed E-state index contributed by atoms with van der Waals surface area (Å²) in [6.45, 7) is 4.43. The van der Waals surface area contributed by atoms with Gasteiger partial charge in [0.15, 0.2) is 6.29 Å². The minimum Gasteiger partial charge on any atom is -0.493 e. The first-order valence-electron chi connectivity index (χ1n) is 12.4. The summed E-state index contributed by atoms with van der Waals surface area (Å²) in [7, 11) is 9.93. The number of unbranched alkanes of at least 4 members (excludes halogenated alkanes) is 6. The fourth-order valence-corrected chi connectivity index (χ4v) is 4.17. The maximum Gasteiger partial charge on any atom is 0.258 e. The number of nitrogens with zero attached hydrogens (tertiary/aromatic N) is 1. The summed E-state index contributed by atoms with van der Waals surface area (Å²) in [5, 5.41) is 2.52. The van der Waals surface area contributed by atoms with Gasteiger partial charge >= 0.3 is 0 Å². The number of hydrogen-bond acceptors (Lipinski definition) is 6. The number of carbonyl (C=O) groups is 4. The number of hydrogen-bond donors (Lipinski definition) is 1. The lowest BCUT2D eigenvalue weighted by Crippen LogP contribution is -2.47. The Morgan fingerprint density at radius 1 is 1.09 bits per heavy atom. The van der Waals surface area contributed by atoms with Crippen molar-refractivity contribution in [2.24, 2.45) is 0 Å². The van der Waals surface area contributed by atoms with Crippen molar-refractivity contribution in [3.8, 4) is 5.75 Å². The molecule has 198 valence electrons. The molecule has 1 N–H and O–H groups in total. The quantitative estimate of drug-likeness (QED) is 0.194. The fraction of sp³-hybridized carbons (Fsp3) is 0.615. The molecule has 1 aromatic rings. The third-order valence-electron chi connectivity index (χ3n) is 5.42. The van der Waals surface area contributed by atoms with E-state index in [1.165, 1.54) is 49.2 Å². The highest BCUT2D eigenvalue weighted by molar-refractivity contribution is 8.21. The molecular formula is C26H41ClN2O5S. The van der Waals surface area contributed by atoms with Crippen LogP contribution in [0.2, 0.25) is 0 Å². The maximum atomic E-state index is 13.3. The minimum absolute atomic E-state index is 0.132. The lowest BCUT2D eigenvalue weighted by atomic mass is 10.0. The summed E-state index contributed by atoms with van der Waals surface area (Å²) in [4.78, 5) is 49.2. The molecule has 0 heterocycles. The topological polar surface area (TPSA) is 92.8 Å². The first kappa shape index (κ1) is 32.9. The van der Waals surface area contributed by atoms with Gasteiger partial charge in [-0.25, -0.2) is 0 Å². The first-order chi connectivity index (χ1) is 17.0. The second kappa shape index (κ2) is 21.2. The molecule has 0 aliphatic carbocycles. The van der Waals surface area contributed by atoms with Crippen LogP contribution in [-0.4, -0.2) is 61.8 Å². The molecule has 0 aromatic heterocycles. The summed E-state index contributed by atoms with van der Waals surface area (Å²) in [5.41, 5.74) is 0.331. The van der Waals surface area contributed by atoms with E-state index in [0.717, 1.165) is 31.4 Å². The van der Waals surface area contributed by atoms with Crippen molar-refractivity contribution >= 4 is 46.0 Å². The van der Waals surface area contributed by atoms with Gasteiger partial charge in [-0.05, 0) is 36.0 Å². The predicted molar refractivity (Wildman–Crippen MR) is 145 cm³/mol. The van der Waals surface area contributed by atoms with Crippen LogP contribution in [0.25, 0.3) is 0 Å². The molecule has 1 rings (SSSR count). The van der Waals surface area contributed by atoms with Crippen LogP contribution in [0.4, 0.5) is 0 Å². The monoisotopic (exact) mass is 528 g/mol. The normalized spacial score (nSPS) is 11.0. The van der Waals surface area contributed by atoms with Crippen molar-refractivity contribution in [1.29, 1.82) is 0 Å². The number of benzene rings is 1. The number of rotatable bonds is 18. The average Bonchev–Trinajstić information content (AvgIpc) is 2.90. The van der Waals surface area contributed by atoms with Crippen molar-refractivity contribution in [3.05, 3.63) is 29.3 Å². The van der Waals surface area contributed by atoms with Crippen LogP contribution in [0.15, 0.2) is 18.2 Å². The molecule has 0 bridgehead atoms. The number of ether oxygens (including phenoxy) is 1. The van der Waals surface area contributed by atoms with Crippen molar-refractivity contribution in [2.45, 2.75) is 77.7 Å². The van der Waals surface area contributed by atoms with Gasteiger partial charge in [-0.2, -0.15) is 0 Å². The zero-order valence-corrected chi connectivity index (χ0v) is 23.1. The van der Waals surface area contributed by atoms with Gasteiger partial charge in [0.25, 0.3) is 5.91 Å². The molecule has 0 aliphatic heterocycles. The number of likely N-dealkylation sites (N-methyl/N-ethyl adjacent to an activating group) is 2. The molecule has 1 unspecified atom stereocenters. The smallest absolute Gasteiger partial charge is 0.258 e. The number of nitrogens with one attached hydrogen (secondary N) is 1. The van der Waals surface area contributed by atoms with Crippen LogP contribution in [0.5, 0.6) is 5.75 Å². The second-order valence-corrected chi connectivity index (χ2v) is 9.05. The summed E-state index contributed by atoms with van der Waals surface area (Å²) in [6.07, 6.45) is 9.32. The highest BCUT2D eigenvalue weighted by Gasteiger charge is 2.29. The molecule has 9 heteroatoms. The van der Waals surface area contributed by atoms with Gasteiger partial charge in [0.05, 0.1) is 12.2 Å². The van der Waals surface area contributed by atoms with Gasteiger partial charge in [-0.15, -0.1) is 0 Å². The van der Waals surface area contributed by atoms with E-state index in [0.29, 0.717) is 24.9 Å². The fourth-order valence-electron chi connectivity index (χ4n) is 3.53. The van der Waals surface area contributed by atoms with Gasteiger partial charge in [-0.1, -0.05) is 69.1 Å². The molecule has 0 radical (unpaired) electrons. The van der Waals surface area contributed by atoms with Gasteiger partial charge in [0, 0.05) is 31.8 Å². The number of aldehydes is 2. The molecule has 0 spiro atoms. The Morgan fingerprint density at radius 2 is 1.71 bits per heavy atom. The SMILES string of the molecule is CC.CNC(=O)C(CCC=O)N(C)C(=O)c1c(C=O)cccc1OCCCCCCCCCSCl. The Bertz CT molecular complexity index is 763. The molecular weight excluding hydrogens is 488 g/mol. The molecule has 1 atom stereocenters. The lowest BCUT2D eigenvalue weighted by Gasteiger charge is -2.27. The van der Waals surface area contributed by atoms with E-state index in [9.17, 15) is 19.2 Å². The zero-order chi connectivity index (χ0) is 26.5. The van der Waals surface area contributed by atoms with E-state index >= 15 is 0 Å². The van der Waals surface area contributed by atoms with Crippen molar-refractivity contribution in [2.75, 3.05) is 26.5 Å². The zero-order valence-electron chi connectivity index (χ0n) is 21.5. The molecule has 7 nitrogen and oxygen atoms in total. The standard InChI is InChI=1S/C24H35ClN2O5S.C2H6/c1-26-23(30)20(13-11-15-28)27(2)24(31)22-19(18-29)12-10-14-21(22)32-16-8-6-4-3-5-7-9-17-33-25;1-2/h10,12,14-15,18,20H,3-9,11,13,16-17H2,1-2H3,(H,26,30);1-2H3.